The second-order valence-electron chi connectivity index (χ2n) is 8.34. The highest BCUT2D eigenvalue weighted by Crippen LogP contribution is 2.33. The first-order valence-corrected chi connectivity index (χ1v) is 12.0. The lowest BCUT2D eigenvalue weighted by molar-refractivity contribution is -0.118. The largest absolute Gasteiger partial charge is 0.383 e. The Hall–Kier alpha value is -3.21. The summed E-state index contributed by atoms with van der Waals surface area (Å²) in [5, 5.41) is 0.668. The normalized spacial score (nSPS) is 13.3. The Morgan fingerprint density at radius 3 is 2.76 bits per heavy atom. The van der Waals surface area contributed by atoms with E-state index in [0.29, 0.717) is 18.4 Å². The first-order valence-electron chi connectivity index (χ1n) is 11.2. The van der Waals surface area contributed by atoms with Crippen LogP contribution in [-0.2, 0) is 30.7 Å². The third kappa shape index (κ3) is 4.24. The highest BCUT2D eigenvalue weighted by molar-refractivity contribution is 7.18. The van der Waals surface area contributed by atoms with E-state index in [9.17, 15) is 19.2 Å². The van der Waals surface area contributed by atoms with Gasteiger partial charge in [0, 0.05) is 31.4 Å². The van der Waals surface area contributed by atoms with E-state index in [2.05, 4.69) is 9.97 Å². The Labute approximate surface area is 193 Å². The highest BCUT2D eigenvalue weighted by atomic mass is 32.1. The Bertz CT molecular complexity index is 1380. The molecule has 0 radical (unpaired) electrons. The van der Waals surface area contributed by atoms with E-state index < -0.39 is 17.2 Å². The number of aromatic nitrogens is 4. The maximum absolute atomic E-state index is 13.1. The maximum atomic E-state index is 13.1. The van der Waals surface area contributed by atoms with Crippen LogP contribution in [-0.4, -0.2) is 32.1 Å². The van der Waals surface area contributed by atoms with Crippen molar-refractivity contribution in [3.63, 3.8) is 0 Å². The first-order chi connectivity index (χ1) is 15.8. The summed E-state index contributed by atoms with van der Waals surface area (Å²) in [6.07, 6.45) is 7.06. The summed E-state index contributed by atoms with van der Waals surface area (Å²) in [6.45, 7) is 2.45. The zero-order chi connectivity index (χ0) is 23.7. The number of hydrogen-bond donors (Lipinski definition) is 2. The smallest absolute Gasteiger partial charge is 0.330 e. The van der Waals surface area contributed by atoms with Gasteiger partial charge in [-0.3, -0.25) is 28.5 Å². The molecular weight excluding hydrogens is 444 g/mol. The maximum Gasteiger partial charge on any atom is 0.330 e. The zero-order valence-corrected chi connectivity index (χ0v) is 19.7. The molecule has 10 nitrogen and oxygen atoms in total. The lowest BCUT2D eigenvalue weighted by atomic mass is 9.97. The van der Waals surface area contributed by atoms with Crippen molar-refractivity contribution >= 4 is 39.0 Å². The SMILES string of the molecule is CCCCn1c(N)c(N(C)C(=O)CCn2cnc3sc4c(c3c2=O)CCCC4)c(=O)[nH]c1=O. The van der Waals surface area contributed by atoms with Gasteiger partial charge < -0.3 is 10.6 Å². The minimum atomic E-state index is -0.716. The number of fused-ring (bicyclic) bond motifs is 3. The Morgan fingerprint density at radius 2 is 2.00 bits per heavy atom. The molecule has 0 saturated carbocycles. The Kier molecular flexibility index (Phi) is 6.50. The average molecular weight is 473 g/mol. The summed E-state index contributed by atoms with van der Waals surface area (Å²) in [5.74, 6) is -0.439. The molecule has 3 N–H and O–H groups in total. The van der Waals surface area contributed by atoms with Gasteiger partial charge in [-0.15, -0.1) is 11.3 Å². The number of nitrogens with one attached hydrogen (secondary N) is 1. The van der Waals surface area contributed by atoms with Crippen molar-refractivity contribution in [2.24, 2.45) is 0 Å². The third-order valence-electron chi connectivity index (χ3n) is 6.17. The number of nitrogen functional groups attached to an aromatic ring is 1. The van der Waals surface area contributed by atoms with Crippen LogP contribution in [0.2, 0.25) is 0 Å². The second-order valence-corrected chi connectivity index (χ2v) is 9.42. The van der Waals surface area contributed by atoms with E-state index in [4.69, 9.17) is 5.73 Å². The van der Waals surface area contributed by atoms with Gasteiger partial charge in [-0.05, 0) is 37.7 Å². The molecule has 0 aromatic carbocycles. The molecule has 3 heterocycles. The summed E-state index contributed by atoms with van der Waals surface area (Å²) in [4.78, 5) is 60.3. The molecule has 1 amide bonds. The van der Waals surface area contributed by atoms with Gasteiger partial charge in [-0.25, -0.2) is 9.78 Å². The molecule has 176 valence electrons. The lowest BCUT2D eigenvalue weighted by Gasteiger charge is -2.20. The quantitative estimate of drug-likeness (QED) is 0.536. The van der Waals surface area contributed by atoms with Crippen molar-refractivity contribution < 1.29 is 4.79 Å². The van der Waals surface area contributed by atoms with Crippen LogP contribution in [0.1, 0.15) is 49.5 Å². The number of nitrogens with zero attached hydrogens (tertiary/aromatic N) is 4. The number of H-pyrrole nitrogens is 1. The van der Waals surface area contributed by atoms with Crippen LogP contribution in [0.25, 0.3) is 10.2 Å². The molecule has 1 aliphatic rings. The van der Waals surface area contributed by atoms with Crippen LogP contribution >= 0.6 is 11.3 Å². The minimum Gasteiger partial charge on any atom is -0.383 e. The average Bonchev–Trinajstić information content (AvgIpc) is 3.17. The fourth-order valence-electron chi connectivity index (χ4n) is 4.29. The van der Waals surface area contributed by atoms with Crippen LogP contribution in [0.15, 0.2) is 20.7 Å². The van der Waals surface area contributed by atoms with Crippen molar-refractivity contribution in [2.75, 3.05) is 17.7 Å². The molecule has 4 rings (SSSR count). The number of aryl methyl sites for hydroxylation is 3. The number of unbranched alkanes of at least 4 members (excludes halogenated alkanes) is 1. The molecule has 0 bridgehead atoms. The number of rotatable bonds is 7. The van der Waals surface area contributed by atoms with E-state index in [-0.39, 0.29) is 30.0 Å². The predicted octanol–water partition coefficient (Wildman–Crippen LogP) is 1.62. The Morgan fingerprint density at radius 1 is 1.24 bits per heavy atom. The van der Waals surface area contributed by atoms with Crippen LogP contribution in [0, 0.1) is 0 Å². The van der Waals surface area contributed by atoms with Crippen molar-refractivity contribution in [3.8, 4) is 0 Å². The molecule has 0 saturated heterocycles. The van der Waals surface area contributed by atoms with Gasteiger partial charge in [0.25, 0.3) is 11.1 Å². The first kappa shape index (κ1) is 23.0. The van der Waals surface area contributed by atoms with Crippen molar-refractivity contribution in [2.45, 2.75) is 65.0 Å². The number of thiophene rings is 1. The molecule has 3 aromatic rings. The fraction of sp³-hybridized carbons (Fsp3) is 0.500. The number of aromatic amines is 1. The van der Waals surface area contributed by atoms with Crippen LogP contribution in [0.5, 0.6) is 0 Å². The van der Waals surface area contributed by atoms with Crippen molar-refractivity contribution in [1.29, 1.82) is 0 Å². The molecule has 0 unspecified atom stereocenters. The fourth-order valence-corrected chi connectivity index (χ4v) is 5.51. The van der Waals surface area contributed by atoms with Gasteiger partial charge in [0.15, 0.2) is 5.69 Å². The molecule has 0 atom stereocenters. The molecule has 1 aliphatic carbocycles. The third-order valence-corrected chi connectivity index (χ3v) is 7.37. The predicted molar refractivity (Wildman–Crippen MR) is 129 cm³/mol. The standard InChI is InChI=1S/C22H28N6O4S/c1-3-4-10-28-18(23)17(19(30)25-22(28)32)26(2)15(29)9-11-27-12-24-20-16(21(27)31)13-7-5-6-8-14(13)33-20/h12H,3-11,23H2,1-2H3,(H,25,30,32). The molecular formula is C22H28N6O4S. The number of carbonyl (C=O) groups is 1. The van der Waals surface area contributed by atoms with Gasteiger partial charge in [-0.1, -0.05) is 13.3 Å². The monoisotopic (exact) mass is 472 g/mol. The molecule has 33 heavy (non-hydrogen) atoms. The molecule has 0 aliphatic heterocycles. The summed E-state index contributed by atoms with van der Waals surface area (Å²) in [7, 11) is 1.44. The number of anilines is 2. The molecule has 3 aromatic heterocycles. The summed E-state index contributed by atoms with van der Waals surface area (Å²) >= 11 is 1.58. The van der Waals surface area contributed by atoms with Crippen LogP contribution in [0.3, 0.4) is 0 Å². The Balaban J connectivity index is 1.57. The molecule has 0 spiro atoms. The summed E-state index contributed by atoms with van der Waals surface area (Å²) in [5.41, 5.74) is 5.68. The number of hydrogen-bond acceptors (Lipinski definition) is 7. The summed E-state index contributed by atoms with van der Waals surface area (Å²) in [6, 6.07) is 0. The highest BCUT2D eigenvalue weighted by Gasteiger charge is 2.22. The molecule has 11 heteroatoms. The van der Waals surface area contributed by atoms with E-state index in [0.717, 1.165) is 47.4 Å². The van der Waals surface area contributed by atoms with Crippen molar-refractivity contribution in [1.82, 2.24) is 19.1 Å². The van der Waals surface area contributed by atoms with E-state index in [1.807, 2.05) is 6.92 Å². The number of amides is 1. The van der Waals surface area contributed by atoms with Gasteiger partial charge >= 0.3 is 5.69 Å². The van der Waals surface area contributed by atoms with E-state index in [1.54, 1.807) is 11.3 Å². The number of carbonyl (C=O) groups excluding carboxylic acids is 1. The van der Waals surface area contributed by atoms with E-state index >= 15 is 0 Å². The topological polar surface area (TPSA) is 136 Å². The van der Waals surface area contributed by atoms with Gasteiger partial charge in [-0.2, -0.15) is 0 Å². The zero-order valence-electron chi connectivity index (χ0n) is 18.8. The van der Waals surface area contributed by atoms with Crippen LogP contribution < -0.4 is 27.4 Å². The minimum absolute atomic E-state index is 0.0249. The van der Waals surface area contributed by atoms with Gasteiger partial charge in [0.2, 0.25) is 5.91 Å². The number of nitrogens with two attached hydrogens (primary N) is 1. The van der Waals surface area contributed by atoms with Gasteiger partial charge in [0.1, 0.15) is 10.6 Å². The lowest BCUT2D eigenvalue weighted by Crippen LogP contribution is -2.39. The van der Waals surface area contributed by atoms with Gasteiger partial charge in [0.05, 0.1) is 11.7 Å². The van der Waals surface area contributed by atoms with E-state index in [1.165, 1.54) is 27.4 Å². The second kappa shape index (κ2) is 9.34. The van der Waals surface area contributed by atoms with Crippen molar-refractivity contribution in [3.05, 3.63) is 48.0 Å². The van der Waals surface area contributed by atoms with Crippen LogP contribution in [0.4, 0.5) is 11.5 Å². The molecule has 0 fully saturated rings. The summed E-state index contributed by atoms with van der Waals surface area (Å²) < 4.78 is 2.72.